The van der Waals surface area contributed by atoms with Gasteiger partial charge >= 0.3 is 6.03 Å². The lowest BCUT2D eigenvalue weighted by Gasteiger charge is -2.15. The zero-order valence-corrected chi connectivity index (χ0v) is 13.5. The van der Waals surface area contributed by atoms with Crippen molar-refractivity contribution in [1.29, 1.82) is 0 Å². The Bertz CT molecular complexity index is 1090. The van der Waals surface area contributed by atoms with E-state index in [1.54, 1.807) is 31.2 Å². The minimum atomic E-state index is -0.755. The minimum Gasteiger partial charge on any atom is -0.324 e. The van der Waals surface area contributed by atoms with Crippen molar-refractivity contribution in [2.45, 2.75) is 32.2 Å². The van der Waals surface area contributed by atoms with Crippen molar-refractivity contribution in [2.24, 2.45) is 9.98 Å². The third kappa shape index (κ3) is 2.75. The van der Waals surface area contributed by atoms with Crippen LogP contribution in [0.4, 0.5) is 10.5 Å². The molecule has 0 saturated heterocycles. The van der Waals surface area contributed by atoms with Gasteiger partial charge in [0.25, 0.3) is 5.56 Å². The van der Waals surface area contributed by atoms with E-state index in [2.05, 4.69) is 20.4 Å². The third-order valence-electron chi connectivity index (χ3n) is 4.40. The predicted octanol–water partition coefficient (Wildman–Crippen LogP) is 0.304. The smallest absolute Gasteiger partial charge is 0.324 e. The Kier molecular flexibility index (Phi) is 3.52. The van der Waals surface area contributed by atoms with Gasteiger partial charge in [-0.1, -0.05) is 0 Å². The fourth-order valence-corrected chi connectivity index (χ4v) is 3.07. The second kappa shape index (κ2) is 5.73. The molecule has 1 atom stereocenters. The summed E-state index contributed by atoms with van der Waals surface area (Å²) < 4.78 is 1.22. The summed E-state index contributed by atoms with van der Waals surface area (Å²) in [4.78, 5) is 43.4. The van der Waals surface area contributed by atoms with Crippen LogP contribution in [0.25, 0.3) is 0 Å². The number of benzene rings is 1. The van der Waals surface area contributed by atoms with Crippen LogP contribution >= 0.6 is 0 Å². The first-order chi connectivity index (χ1) is 12.0. The van der Waals surface area contributed by atoms with Gasteiger partial charge in [-0.15, -0.1) is 0 Å². The van der Waals surface area contributed by atoms with Crippen LogP contribution in [0.15, 0.2) is 39.0 Å². The molecule has 126 valence electrons. The molecule has 4 rings (SSSR count). The number of anilines is 1. The normalized spacial score (nSPS) is 15.8. The van der Waals surface area contributed by atoms with E-state index in [-0.39, 0.29) is 11.5 Å². The molecule has 3 amide bonds. The van der Waals surface area contributed by atoms with Gasteiger partial charge in [0.1, 0.15) is 6.04 Å². The molecule has 0 saturated carbocycles. The number of aromatic nitrogens is 2. The largest absolute Gasteiger partial charge is 0.368 e. The molecule has 8 heteroatoms. The number of fused-ring (bicyclic) bond motifs is 2. The van der Waals surface area contributed by atoms with E-state index < -0.39 is 12.1 Å². The van der Waals surface area contributed by atoms with Crippen LogP contribution in [0.1, 0.15) is 30.6 Å². The Morgan fingerprint density at radius 1 is 1.16 bits per heavy atom. The molecule has 8 nitrogen and oxygen atoms in total. The summed E-state index contributed by atoms with van der Waals surface area (Å²) in [6.45, 7) is 1.63. The Labute approximate surface area is 141 Å². The third-order valence-corrected chi connectivity index (χ3v) is 4.40. The first-order valence-electron chi connectivity index (χ1n) is 8.05. The lowest BCUT2D eigenvalue weighted by molar-refractivity contribution is -0.119. The molecule has 1 aliphatic carbocycles. The van der Waals surface area contributed by atoms with Gasteiger partial charge in [0, 0.05) is 11.8 Å². The summed E-state index contributed by atoms with van der Waals surface area (Å²) in [5, 5.41) is 7.98. The predicted molar refractivity (Wildman–Crippen MR) is 88.0 cm³/mol. The average Bonchev–Trinajstić information content (AvgIpc) is 3.17. The maximum absolute atomic E-state index is 12.5. The first kappa shape index (κ1) is 15.4. The molecule has 2 aliphatic rings. The number of aryl methyl sites for hydroxylation is 2. The highest BCUT2D eigenvalue weighted by Crippen LogP contribution is 2.18. The van der Waals surface area contributed by atoms with Crippen molar-refractivity contribution < 1.29 is 9.59 Å². The lowest BCUT2D eigenvalue weighted by atomic mass is 10.2. The Morgan fingerprint density at radius 2 is 1.96 bits per heavy atom. The van der Waals surface area contributed by atoms with Crippen LogP contribution in [0.3, 0.4) is 0 Å². The van der Waals surface area contributed by atoms with Gasteiger partial charge in [0.2, 0.25) is 5.91 Å². The Hall–Kier alpha value is -3.16. The molecular formula is C17H15N5O3. The number of rotatable bonds is 3. The number of nitrogens with zero attached hydrogens (tertiary/aromatic N) is 4. The number of carbonyl (C=O) groups is 2. The number of hydrogen-bond acceptors (Lipinski definition) is 4. The van der Waals surface area contributed by atoms with Crippen molar-refractivity contribution in [3.8, 4) is 0 Å². The van der Waals surface area contributed by atoms with E-state index in [0.29, 0.717) is 16.4 Å². The molecule has 1 aliphatic heterocycles. The van der Waals surface area contributed by atoms with Crippen LogP contribution in [0.2, 0.25) is 0 Å². The van der Waals surface area contributed by atoms with Crippen molar-refractivity contribution in [1.82, 2.24) is 9.78 Å². The molecule has 2 heterocycles. The Balaban J connectivity index is 1.59. The summed E-state index contributed by atoms with van der Waals surface area (Å²) in [7, 11) is 0. The van der Waals surface area contributed by atoms with Gasteiger partial charge in [-0.25, -0.2) is 9.48 Å². The molecule has 1 unspecified atom stereocenters. The lowest BCUT2D eigenvalue weighted by Crippen LogP contribution is -2.34. The van der Waals surface area contributed by atoms with Crippen LogP contribution in [-0.2, 0) is 17.6 Å². The van der Waals surface area contributed by atoms with Crippen molar-refractivity contribution in [3.05, 3.63) is 56.6 Å². The highest BCUT2D eigenvalue weighted by molar-refractivity contribution is 5.93. The zero-order chi connectivity index (χ0) is 17.6. The first-order valence-corrected chi connectivity index (χ1v) is 8.05. The van der Waals surface area contributed by atoms with Crippen LogP contribution in [-0.4, -0.2) is 21.7 Å². The van der Waals surface area contributed by atoms with E-state index in [4.69, 9.17) is 0 Å². The molecule has 2 aromatic rings. The van der Waals surface area contributed by atoms with Crippen molar-refractivity contribution in [2.75, 3.05) is 5.32 Å². The van der Waals surface area contributed by atoms with E-state index in [1.165, 1.54) is 4.68 Å². The maximum Gasteiger partial charge on any atom is 0.368 e. The van der Waals surface area contributed by atoms with Crippen LogP contribution in [0, 0.1) is 0 Å². The molecule has 25 heavy (non-hydrogen) atoms. The summed E-state index contributed by atoms with van der Waals surface area (Å²) in [6.07, 6.45) is 2.67. The fraction of sp³-hybridized carbons (Fsp3) is 0.294. The topological polar surface area (TPSA) is 106 Å². The average molecular weight is 337 g/mol. The molecule has 1 aromatic carbocycles. The monoisotopic (exact) mass is 337 g/mol. The molecule has 1 N–H and O–H groups in total. The van der Waals surface area contributed by atoms with Crippen LogP contribution < -0.4 is 21.6 Å². The highest BCUT2D eigenvalue weighted by atomic mass is 16.2. The number of amides is 3. The molecule has 0 bridgehead atoms. The van der Waals surface area contributed by atoms with Gasteiger partial charge in [-0.05, 0) is 49.9 Å². The molecule has 0 radical (unpaired) electrons. The number of hydrogen-bond donors (Lipinski definition) is 1. The zero-order valence-electron chi connectivity index (χ0n) is 13.5. The van der Waals surface area contributed by atoms with Gasteiger partial charge in [0.15, 0.2) is 0 Å². The maximum atomic E-state index is 12.5. The second-order valence-corrected chi connectivity index (χ2v) is 6.13. The van der Waals surface area contributed by atoms with Gasteiger partial charge in [-0.2, -0.15) is 15.1 Å². The number of nitrogens with one attached hydrogen (secondary N) is 1. The highest BCUT2D eigenvalue weighted by Gasteiger charge is 2.21. The van der Waals surface area contributed by atoms with Gasteiger partial charge < -0.3 is 5.32 Å². The standard InChI is InChI=1S/C17H15N5O3/c1-9(22-15(23)7-10-3-2-4-12(10)21-22)16(24)18-11-5-6-13-14(8-11)20-17(25)19-13/h5-9H,2-4H2,1H3,(H,18,24). The molecule has 0 fully saturated rings. The Morgan fingerprint density at radius 3 is 2.80 bits per heavy atom. The SMILES string of the molecule is CC(C(=O)Nc1ccc2c(c1)=NC(=O)N=2)n1nc2c(cc1=O)CCC2. The van der Waals surface area contributed by atoms with E-state index in [9.17, 15) is 14.4 Å². The van der Waals surface area contributed by atoms with Crippen LogP contribution in [0.5, 0.6) is 0 Å². The van der Waals surface area contributed by atoms with Crippen molar-refractivity contribution >= 4 is 17.6 Å². The summed E-state index contributed by atoms with van der Waals surface area (Å²) in [6, 6.07) is 5.09. The minimum absolute atomic E-state index is 0.281. The van der Waals surface area contributed by atoms with E-state index >= 15 is 0 Å². The summed E-state index contributed by atoms with van der Waals surface area (Å²) in [5.41, 5.74) is 2.06. The van der Waals surface area contributed by atoms with Gasteiger partial charge in [-0.3, -0.25) is 9.59 Å². The molecule has 1 aromatic heterocycles. The quantitative estimate of drug-likeness (QED) is 0.869. The molecular weight excluding hydrogens is 322 g/mol. The fourth-order valence-electron chi connectivity index (χ4n) is 3.07. The number of carbonyl (C=O) groups excluding carboxylic acids is 2. The van der Waals surface area contributed by atoms with Gasteiger partial charge in [0.05, 0.1) is 16.4 Å². The van der Waals surface area contributed by atoms with E-state index in [1.807, 2.05) is 0 Å². The summed E-state index contributed by atoms with van der Waals surface area (Å²) in [5.74, 6) is -0.367. The molecule has 0 spiro atoms. The summed E-state index contributed by atoms with van der Waals surface area (Å²) >= 11 is 0. The van der Waals surface area contributed by atoms with Crippen molar-refractivity contribution in [3.63, 3.8) is 0 Å². The second-order valence-electron chi connectivity index (χ2n) is 6.13. The van der Waals surface area contributed by atoms with E-state index in [0.717, 1.165) is 30.5 Å². The number of urea groups is 1.